The number of ether oxygens (including phenoxy) is 2. The van der Waals surface area contributed by atoms with Crippen molar-refractivity contribution in [1.29, 1.82) is 0 Å². The lowest BCUT2D eigenvalue weighted by atomic mass is 9.91. The second kappa shape index (κ2) is 14.0. The van der Waals surface area contributed by atoms with Crippen LogP contribution < -0.4 is 19.4 Å². The summed E-state index contributed by atoms with van der Waals surface area (Å²) in [6.45, 7) is 8.76. The number of rotatable bonds is 8. The van der Waals surface area contributed by atoms with Gasteiger partial charge in [0, 0.05) is 50.3 Å². The van der Waals surface area contributed by atoms with Crippen LogP contribution in [0.4, 0.5) is 17.1 Å². The number of benzene rings is 2. The summed E-state index contributed by atoms with van der Waals surface area (Å²) in [5.74, 6) is -2.22. The molecule has 1 atom stereocenters. The maximum absolute atomic E-state index is 13.9. The fourth-order valence-electron chi connectivity index (χ4n) is 6.23. The van der Waals surface area contributed by atoms with Crippen LogP contribution in [-0.4, -0.2) is 101 Å². The van der Waals surface area contributed by atoms with Gasteiger partial charge < -0.3 is 19.3 Å². The normalized spacial score (nSPS) is 19.6. The highest BCUT2D eigenvalue weighted by molar-refractivity contribution is 6.46. The first-order valence-corrected chi connectivity index (χ1v) is 16.5. The highest BCUT2D eigenvalue weighted by Gasteiger charge is 2.39. The third kappa shape index (κ3) is 7.20. The number of hydrogen-bond donors (Lipinski definition) is 0. The second-order valence-electron chi connectivity index (χ2n) is 13.3. The number of aromatic nitrogens is 4. The molecule has 3 aliphatic rings. The van der Waals surface area contributed by atoms with E-state index in [-0.39, 0.29) is 54.9 Å². The minimum atomic E-state index is -0.832. The van der Waals surface area contributed by atoms with Crippen molar-refractivity contribution in [2.75, 3.05) is 60.6 Å². The van der Waals surface area contributed by atoms with Crippen LogP contribution in [0.15, 0.2) is 42.7 Å². The first-order chi connectivity index (χ1) is 23.0. The molecule has 0 saturated carbocycles. The Labute approximate surface area is 283 Å². The smallest absolute Gasteiger partial charge is 0.317 e. The lowest BCUT2D eigenvalue weighted by molar-refractivity contribution is -0.137. The Kier molecular flexibility index (Phi) is 9.76. The number of hydrogen-bond acceptors (Lipinski definition) is 10. The topological polar surface area (TPSA) is 143 Å². The Morgan fingerprint density at radius 2 is 1.67 bits per heavy atom. The van der Waals surface area contributed by atoms with Crippen LogP contribution in [0, 0.1) is 5.41 Å². The van der Waals surface area contributed by atoms with Gasteiger partial charge in [0.2, 0.25) is 5.91 Å². The zero-order valence-corrected chi connectivity index (χ0v) is 28.1. The summed E-state index contributed by atoms with van der Waals surface area (Å²) in [5.41, 5.74) is 1.32. The molecule has 15 heteroatoms. The zero-order chi connectivity index (χ0) is 34.0. The van der Waals surface area contributed by atoms with E-state index in [2.05, 4.69) is 20.4 Å². The van der Waals surface area contributed by atoms with E-state index < -0.39 is 17.8 Å². The fourth-order valence-corrected chi connectivity index (χ4v) is 6.39. The van der Waals surface area contributed by atoms with E-state index >= 15 is 0 Å². The van der Waals surface area contributed by atoms with E-state index in [1.807, 2.05) is 20.8 Å². The molecule has 0 spiro atoms. The number of para-hydroxylation sites is 1. The Hall–Kier alpha value is -4.40. The molecule has 0 N–H and O–H groups in total. The summed E-state index contributed by atoms with van der Waals surface area (Å²) in [7, 11) is 0. The maximum Gasteiger partial charge on any atom is 0.317 e. The molecule has 0 aliphatic carbocycles. The van der Waals surface area contributed by atoms with E-state index in [1.165, 1.54) is 20.8 Å². The average molecular weight is 679 g/mol. The number of nitrogens with zero attached hydrogens (tertiary/aromatic N) is 8. The number of anilines is 3. The standard InChI is InChI=1S/C33H39ClN8O6/c1-33(2,3)12-11-29(44)48-30-25(39-14-13-38(19-28(39)43)23-6-5-17-47-20-23)7-4-8-26(30)40-15-16-41(32(46)31(40)45)27-18-22(34)9-10-24(27)42-21-35-36-37-42/h4,7-10,18,21,23H,5-6,11-17,19-20H2,1-3H3/t23-/m0/s1. The van der Waals surface area contributed by atoms with Gasteiger partial charge in [0.25, 0.3) is 0 Å². The van der Waals surface area contributed by atoms with Crippen molar-refractivity contribution in [3.63, 3.8) is 0 Å². The van der Waals surface area contributed by atoms with E-state index in [4.69, 9.17) is 21.1 Å². The average Bonchev–Trinajstić information content (AvgIpc) is 3.60. The Morgan fingerprint density at radius 3 is 2.31 bits per heavy atom. The molecular weight excluding hydrogens is 640 g/mol. The Balaban J connectivity index is 1.30. The van der Waals surface area contributed by atoms with Crippen LogP contribution in [0.3, 0.4) is 0 Å². The molecule has 3 saturated heterocycles. The first kappa shape index (κ1) is 33.5. The van der Waals surface area contributed by atoms with Gasteiger partial charge in [-0.25, -0.2) is 0 Å². The molecule has 6 rings (SSSR count). The highest BCUT2D eigenvalue weighted by atomic mass is 35.5. The van der Waals surface area contributed by atoms with E-state index in [1.54, 1.807) is 41.3 Å². The fraction of sp³-hybridized carbons (Fsp3) is 0.485. The number of piperazine rings is 2. The van der Waals surface area contributed by atoms with Gasteiger partial charge >= 0.3 is 17.8 Å². The summed E-state index contributed by atoms with van der Waals surface area (Å²) in [6.07, 6.45) is 4.00. The van der Waals surface area contributed by atoms with Gasteiger partial charge in [-0.1, -0.05) is 38.4 Å². The monoisotopic (exact) mass is 678 g/mol. The molecule has 2 aromatic carbocycles. The van der Waals surface area contributed by atoms with Crippen LogP contribution >= 0.6 is 11.6 Å². The molecule has 4 heterocycles. The van der Waals surface area contributed by atoms with Crippen LogP contribution in [0.25, 0.3) is 5.69 Å². The second-order valence-corrected chi connectivity index (χ2v) is 13.8. The molecule has 0 bridgehead atoms. The SMILES string of the molecule is CC(C)(C)CCC(=O)Oc1c(N2CCN([C@H]3CCCOC3)CC2=O)cccc1N1CCN(c2cc(Cl)ccc2-n2cnnn2)C(=O)C1=O. The molecule has 3 aliphatic heterocycles. The lowest BCUT2D eigenvalue weighted by Crippen LogP contribution is -2.56. The number of esters is 1. The van der Waals surface area contributed by atoms with Gasteiger partial charge in [-0.15, -0.1) is 5.10 Å². The number of carbonyl (C=O) groups is 4. The van der Waals surface area contributed by atoms with E-state index in [9.17, 15) is 19.2 Å². The van der Waals surface area contributed by atoms with Gasteiger partial charge in [0.1, 0.15) is 6.33 Å². The molecular formula is C33H39ClN8O6. The Morgan fingerprint density at radius 1 is 0.958 bits per heavy atom. The van der Waals surface area contributed by atoms with Gasteiger partial charge in [0.05, 0.1) is 35.9 Å². The van der Waals surface area contributed by atoms with Crippen LogP contribution in [0.1, 0.15) is 46.5 Å². The van der Waals surface area contributed by atoms with Crippen molar-refractivity contribution >= 4 is 52.4 Å². The number of carbonyl (C=O) groups excluding carboxylic acids is 4. The summed E-state index contributed by atoms with van der Waals surface area (Å²) >= 11 is 6.30. The van der Waals surface area contributed by atoms with Crippen LogP contribution in [-0.2, 0) is 23.9 Å². The molecule has 1 aromatic heterocycles. The molecule has 3 fully saturated rings. The summed E-state index contributed by atoms with van der Waals surface area (Å²) < 4.78 is 13.1. The maximum atomic E-state index is 13.9. The van der Waals surface area contributed by atoms with Crippen molar-refractivity contribution in [2.45, 2.75) is 52.5 Å². The van der Waals surface area contributed by atoms with Crippen molar-refractivity contribution in [3.8, 4) is 11.4 Å². The number of tetrazole rings is 1. The highest BCUT2D eigenvalue weighted by Crippen LogP contribution is 2.41. The minimum Gasteiger partial charge on any atom is -0.422 e. The molecule has 0 radical (unpaired) electrons. The van der Waals surface area contributed by atoms with Gasteiger partial charge in [-0.3, -0.25) is 29.0 Å². The van der Waals surface area contributed by atoms with Crippen LogP contribution in [0.5, 0.6) is 5.75 Å². The van der Waals surface area contributed by atoms with Crippen molar-refractivity contribution in [1.82, 2.24) is 25.1 Å². The zero-order valence-electron chi connectivity index (χ0n) is 27.3. The molecule has 48 heavy (non-hydrogen) atoms. The molecule has 0 unspecified atom stereocenters. The largest absolute Gasteiger partial charge is 0.422 e. The van der Waals surface area contributed by atoms with Gasteiger partial charge in [0.15, 0.2) is 5.75 Å². The number of halogens is 1. The van der Waals surface area contributed by atoms with Crippen molar-refractivity contribution < 1.29 is 28.7 Å². The predicted molar refractivity (Wildman–Crippen MR) is 177 cm³/mol. The first-order valence-electron chi connectivity index (χ1n) is 16.1. The van der Waals surface area contributed by atoms with E-state index in [0.29, 0.717) is 48.2 Å². The summed E-state index contributed by atoms with van der Waals surface area (Å²) in [5, 5.41) is 11.6. The van der Waals surface area contributed by atoms with E-state index in [0.717, 1.165) is 19.4 Å². The summed E-state index contributed by atoms with van der Waals surface area (Å²) in [6, 6.07) is 10.1. The lowest BCUT2D eigenvalue weighted by Gasteiger charge is -2.40. The van der Waals surface area contributed by atoms with Crippen molar-refractivity contribution in [3.05, 3.63) is 47.7 Å². The quantitative estimate of drug-likeness (QED) is 0.198. The summed E-state index contributed by atoms with van der Waals surface area (Å²) in [4.78, 5) is 60.9. The van der Waals surface area contributed by atoms with Crippen LogP contribution in [0.2, 0.25) is 5.02 Å². The minimum absolute atomic E-state index is 0.0749. The van der Waals surface area contributed by atoms with Crippen molar-refractivity contribution in [2.24, 2.45) is 5.41 Å². The molecule has 14 nitrogen and oxygen atoms in total. The Bertz CT molecular complexity index is 1690. The third-order valence-corrected chi connectivity index (χ3v) is 9.03. The number of amides is 3. The van der Waals surface area contributed by atoms with Gasteiger partial charge in [-0.05, 0) is 65.4 Å². The predicted octanol–water partition coefficient (Wildman–Crippen LogP) is 3.25. The molecule has 254 valence electrons. The van der Waals surface area contributed by atoms with Gasteiger partial charge in [-0.2, -0.15) is 4.68 Å². The molecule has 3 aromatic rings. The third-order valence-electron chi connectivity index (χ3n) is 8.80. The molecule has 3 amide bonds.